The van der Waals surface area contributed by atoms with E-state index in [1.165, 1.54) is 43.0 Å². The van der Waals surface area contributed by atoms with Gasteiger partial charge in [0.15, 0.2) is 8.07 Å². The third-order valence-corrected chi connectivity index (χ3v) is 18.8. The molecule has 0 unspecified atom stereocenters. The SMILES string of the molecule is CC1(C)c2ccccc2-c2cc(N(c3ccccc3)c3cccc([Si](c4ccccc4)(c4ccccc4)c4ccccc4N(c4ccccc4)c4ccc5oc6ccccc6c5c4)c3)ccc21. The van der Waals surface area contributed by atoms with Crippen LogP contribution in [0.2, 0.25) is 0 Å². The average molecular weight is 877 g/mol. The van der Waals surface area contributed by atoms with Crippen molar-refractivity contribution in [3.63, 3.8) is 0 Å². The molecule has 1 aromatic heterocycles. The van der Waals surface area contributed by atoms with Crippen LogP contribution in [0.15, 0.2) is 259 Å². The van der Waals surface area contributed by atoms with Gasteiger partial charge in [0.2, 0.25) is 0 Å². The molecule has 3 nitrogen and oxygen atoms in total. The maximum atomic E-state index is 6.38. The lowest BCUT2D eigenvalue weighted by atomic mass is 9.82. The molecule has 1 aliphatic rings. The molecule has 10 aromatic carbocycles. The molecular formula is C63H48N2OSi. The summed E-state index contributed by atoms with van der Waals surface area (Å²) in [6, 6.07) is 93.7. The Kier molecular flexibility index (Phi) is 9.85. The van der Waals surface area contributed by atoms with Crippen molar-refractivity contribution in [2.45, 2.75) is 19.3 Å². The van der Waals surface area contributed by atoms with E-state index in [4.69, 9.17) is 4.42 Å². The smallest absolute Gasteiger partial charge is 0.181 e. The first kappa shape index (κ1) is 40.3. The summed E-state index contributed by atoms with van der Waals surface area (Å²) in [6.07, 6.45) is 0. The number of anilines is 6. The van der Waals surface area contributed by atoms with Gasteiger partial charge in [0.05, 0.1) is 0 Å². The highest BCUT2D eigenvalue weighted by Gasteiger charge is 2.44. The van der Waals surface area contributed by atoms with Crippen LogP contribution in [-0.4, -0.2) is 8.07 Å². The van der Waals surface area contributed by atoms with Crippen molar-refractivity contribution in [2.24, 2.45) is 0 Å². The number of hydrogen-bond acceptors (Lipinski definition) is 3. The van der Waals surface area contributed by atoms with Crippen LogP contribution in [0.25, 0.3) is 33.1 Å². The van der Waals surface area contributed by atoms with Crippen LogP contribution in [0.3, 0.4) is 0 Å². The van der Waals surface area contributed by atoms with E-state index >= 15 is 0 Å². The Morgan fingerprint density at radius 1 is 0.343 bits per heavy atom. The lowest BCUT2D eigenvalue weighted by Gasteiger charge is -2.39. The van der Waals surface area contributed by atoms with E-state index in [0.717, 1.165) is 56.1 Å². The third-order valence-electron chi connectivity index (χ3n) is 14.0. The van der Waals surface area contributed by atoms with Crippen molar-refractivity contribution in [1.29, 1.82) is 0 Å². The first-order chi connectivity index (χ1) is 33.0. The standard InChI is InChI=1S/C63H48N2OSi/c1-63(2)57-34-17-15-32-53(57)55-43-48(38-40-58(55)63)64(45-22-7-3-8-23-45)47-26-21-31-52(42-47)67(50-27-11-5-12-28-50,51-29-13-6-14-30-51)62-37-20-18-35-59(62)65(46-24-9-4-10-25-46)49-39-41-61-56(44-49)54-33-16-19-36-60(54)66-61/h3-44H,1-2H3. The Hall–Kier alpha value is -8.18. The monoisotopic (exact) mass is 876 g/mol. The Balaban J connectivity index is 1.12. The highest BCUT2D eigenvalue weighted by Crippen LogP contribution is 2.50. The van der Waals surface area contributed by atoms with E-state index in [0.29, 0.717) is 0 Å². The molecule has 4 heteroatoms. The number of nitrogens with zero attached hydrogens (tertiary/aromatic N) is 2. The second kappa shape index (κ2) is 16.4. The van der Waals surface area contributed by atoms with E-state index in [1.54, 1.807) is 0 Å². The zero-order valence-electron chi connectivity index (χ0n) is 37.6. The van der Waals surface area contributed by atoms with Gasteiger partial charge in [0.25, 0.3) is 0 Å². The van der Waals surface area contributed by atoms with Crippen LogP contribution in [0.5, 0.6) is 0 Å². The van der Waals surface area contributed by atoms with Gasteiger partial charge in [0.1, 0.15) is 11.2 Å². The van der Waals surface area contributed by atoms with Crippen LogP contribution in [0, 0.1) is 0 Å². The summed E-state index contributed by atoms with van der Waals surface area (Å²) in [4.78, 5) is 4.90. The summed E-state index contributed by atoms with van der Waals surface area (Å²) in [6.45, 7) is 4.70. The van der Waals surface area contributed by atoms with Crippen LogP contribution < -0.4 is 30.5 Å². The highest BCUT2D eigenvalue weighted by atomic mass is 28.3. The fourth-order valence-corrected chi connectivity index (χ4v) is 15.9. The number of benzene rings is 10. The molecule has 0 atom stereocenters. The lowest BCUT2D eigenvalue weighted by molar-refractivity contribution is 0.660. The highest BCUT2D eigenvalue weighted by molar-refractivity contribution is 7.20. The maximum Gasteiger partial charge on any atom is 0.181 e. The molecule has 0 radical (unpaired) electrons. The van der Waals surface area contributed by atoms with Gasteiger partial charge in [-0.2, -0.15) is 0 Å². The fourth-order valence-electron chi connectivity index (χ4n) is 10.9. The van der Waals surface area contributed by atoms with E-state index in [1.807, 2.05) is 6.07 Å². The van der Waals surface area contributed by atoms with Gasteiger partial charge in [-0.3, -0.25) is 0 Å². The van der Waals surface area contributed by atoms with Crippen molar-refractivity contribution in [3.8, 4) is 11.1 Å². The molecule has 0 saturated carbocycles. The topological polar surface area (TPSA) is 19.6 Å². The Bertz CT molecular complexity index is 3530. The number of fused-ring (bicyclic) bond motifs is 6. The molecule has 1 aliphatic carbocycles. The van der Waals surface area contributed by atoms with Crippen molar-refractivity contribution in [2.75, 3.05) is 9.80 Å². The summed E-state index contributed by atoms with van der Waals surface area (Å²) in [5.41, 5.74) is 13.6. The second-order valence-electron chi connectivity index (χ2n) is 18.1. The second-order valence-corrected chi connectivity index (χ2v) is 21.8. The molecule has 0 bridgehead atoms. The predicted octanol–water partition coefficient (Wildman–Crippen LogP) is 14.2. The Morgan fingerprint density at radius 2 is 0.851 bits per heavy atom. The maximum absolute atomic E-state index is 6.38. The van der Waals surface area contributed by atoms with Crippen LogP contribution in [-0.2, 0) is 5.41 Å². The van der Waals surface area contributed by atoms with E-state index in [9.17, 15) is 0 Å². The summed E-state index contributed by atoms with van der Waals surface area (Å²) >= 11 is 0. The first-order valence-electron chi connectivity index (χ1n) is 23.2. The number of rotatable bonds is 10. The Labute approximate surface area is 393 Å². The molecule has 0 aliphatic heterocycles. The molecule has 0 spiro atoms. The minimum atomic E-state index is -3.21. The number of furan rings is 1. The minimum Gasteiger partial charge on any atom is -0.456 e. The van der Waals surface area contributed by atoms with Gasteiger partial charge in [-0.1, -0.05) is 190 Å². The molecule has 0 saturated heterocycles. The normalized spacial score (nSPS) is 12.7. The number of para-hydroxylation sites is 4. The molecule has 0 N–H and O–H groups in total. The molecule has 67 heavy (non-hydrogen) atoms. The van der Waals surface area contributed by atoms with Crippen molar-refractivity contribution < 1.29 is 4.42 Å². The van der Waals surface area contributed by atoms with Gasteiger partial charge in [0, 0.05) is 50.3 Å². The molecular weight excluding hydrogens is 829 g/mol. The zero-order chi connectivity index (χ0) is 45.0. The summed E-state index contributed by atoms with van der Waals surface area (Å²) in [5, 5.41) is 7.37. The lowest BCUT2D eigenvalue weighted by Crippen LogP contribution is -2.75. The van der Waals surface area contributed by atoms with Gasteiger partial charge in [-0.25, -0.2) is 0 Å². The largest absolute Gasteiger partial charge is 0.456 e. The zero-order valence-corrected chi connectivity index (χ0v) is 38.6. The number of hydrogen-bond donors (Lipinski definition) is 0. The van der Waals surface area contributed by atoms with Crippen LogP contribution in [0.1, 0.15) is 25.0 Å². The molecule has 320 valence electrons. The molecule has 1 heterocycles. The average Bonchev–Trinajstić information content (AvgIpc) is 3.87. The molecule has 0 fully saturated rings. The van der Waals surface area contributed by atoms with Gasteiger partial charge in [-0.05, 0) is 122 Å². The van der Waals surface area contributed by atoms with Gasteiger partial charge < -0.3 is 14.2 Å². The van der Waals surface area contributed by atoms with E-state index in [-0.39, 0.29) is 5.41 Å². The van der Waals surface area contributed by atoms with Crippen molar-refractivity contribution in [1.82, 2.24) is 0 Å². The summed E-state index contributed by atoms with van der Waals surface area (Å²) in [5.74, 6) is 0. The first-order valence-corrected chi connectivity index (χ1v) is 25.2. The molecule has 0 amide bonds. The van der Waals surface area contributed by atoms with Crippen LogP contribution >= 0.6 is 0 Å². The van der Waals surface area contributed by atoms with E-state index < -0.39 is 8.07 Å². The van der Waals surface area contributed by atoms with E-state index in [2.05, 4.69) is 272 Å². The summed E-state index contributed by atoms with van der Waals surface area (Å²) < 4.78 is 6.38. The minimum absolute atomic E-state index is 0.0857. The van der Waals surface area contributed by atoms with Crippen molar-refractivity contribution in [3.05, 3.63) is 266 Å². The van der Waals surface area contributed by atoms with Crippen LogP contribution in [0.4, 0.5) is 34.1 Å². The predicted molar refractivity (Wildman–Crippen MR) is 284 cm³/mol. The Morgan fingerprint density at radius 3 is 1.58 bits per heavy atom. The fraction of sp³-hybridized carbons (Fsp3) is 0.0476. The molecule has 12 rings (SSSR count). The molecule has 11 aromatic rings. The van der Waals surface area contributed by atoms with Crippen molar-refractivity contribution >= 4 is 84.9 Å². The quantitative estimate of drug-likeness (QED) is 0.101. The van der Waals surface area contributed by atoms with Gasteiger partial charge in [-0.15, -0.1) is 0 Å². The van der Waals surface area contributed by atoms with Gasteiger partial charge >= 0.3 is 0 Å². The summed E-state index contributed by atoms with van der Waals surface area (Å²) in [7, 11) is -3.21. The third kappa shape index (κ3) is 6.63.